The van der Waals surface area contributed by atoms with Crippen LogP contribution in [0.5, 0.6) is 0 Å². The first kappa shape index (κ1) is 15.3. The largest absolute Gasteiger partial charge is 0.399 e. The van der Waals surface area contributed by atoms with Gasteiger partial charge in [0.25, 0.3) is 0 Å². The van der Waals surface area contributed by atoms with Crippen molar-refractivity contribution in [1.82, 2.24) is 10.2 Å². The number of carbonyl (C=O) groups is 1. The lowest BCUT2D eigenvalue weighted by atomic mass is 9.88. The molecule has 1 aromatic carbocycles. The van der Waals surface area contributed by atoms with Crippen LogP contribution in [0.4, 0.5) is 5.69 Å². The van der Waals surface area contributed by atoms with Crippen molar-refractivity contribution < 1.29 is 4.79 Å². The Morgan fingerprint density at radius 2 is 2.00 bits per heavy atom. The number of anilines is 1. The van der Waals surface area contributed by atoms with Gasteiger partial charge < -0.3 is 16.0 Å². The highest BCUT2D eigenvalue weighted by molar-refractivity contribution is 5.76. The minimum absolute atomic E-state index is 0.279. The molecule has 1 aromatic rings. The standard InChI is InChI=1S/C18H27N3O/c19-16-5-2-1-4-14(16)7-8-18(22)21-12-9-15(10-13-21)17-6-3-11-20-17/h1-2,4-5,15,17,20H,3,6-13,19H2. The summed E-state index contributed by atoms with van der Waals surface area (Å²) in [6.07, 6.45) is 6.23. The Kier molecular flexibility index (Phi) is 4.98. The summed E-state index contributed by atoms with van der Waals surface area (Å²) in [7, 11) is 0. The van der Waals surface area contributed by atoms with Gasteiger partial charge in [0.05, 0.1) is 0 Å². The van der Waals surface area contributed by atoms with E-state index in [0.29, 0.717) is 12.5 Å². The van der Waals surface area contributed by atoms with Crippen LogP contribution in [0.2, 0.25) is 0 Å². The Balaban J connectivity index is 1.45. The summed E-state index contributed by atoms with van der Waals surface area (Å²) < 4.78 is 0. The second-order valence-corrected chi connectivity index (χ2v) is 6.62. The molecule has 1 amide bonds. The molecule has 0 aromatic heterocycles. The first-order valence-electron chi connectivity index (χ1n) is 8.58. The number of para-hydroxylation sites is 1. The lowest BCUT2D eigenvalue weighted by molar-refractivity contribution is -0.132. The number of benzene rings is 1. The number of nitrogens with one attached hydrogen (secondary N) is 1. The van der Waals surface area contributed by atoms with E-state index >= 15 is 0 Å². The molecule has 0 saturated carbocycles. The highest BCUT2D eigenvalue weighted by atomic mass is 16.2. The summed E-state index contributed by atoms with van der Waals surface area (Å²) in [5.41, 5.74) is 7.82. The van der Waals surface area contributed by atoms with E-state index in [1.807, 2.05) is 29.2 Å². The summed E-state index contributed by atoms with van der Waals surface area (Å²) in [5, 5.41) is 3.61. The van der Waals surface area contributed by atoms with E-state index in [-0.39, 0.29) is 5.91 Å². The molecule has 2 heterocycles. The number of hydrogen-bond donors (Lipinski definition) is 2. The van der Waals surface area contributed by atoms with E-state index in [4.69, 9.17) is 5.73 Å². The quantitative estimate of drug-likeness (QED) is 0.838. The third-order valence-corrected chi connectivity index (χ3v) is 5.22. The van der Waals surface area contributed by atoms with Gasteiger partial charge in [-0.05, 0) is 56.2 Å². The van der Waals surface area contributed by atoms with Crippen molar-refractivity contribution in [3.05, 3.63) is 29.8 Å². The van der Waals surface area contributed by atoms with Crippen LogP contribution in [0, 0.1) is 5.92 Å². The summed E-state index contributed by atoms with van der Waals surface area (Å²) >= 11 is 0. The Labute approximate surface area is 133 Å². The fourth-order valence-corrected chi connectivity index (χ4v) is 3.83. The molecule has 3 rings (SSSR count). The third kappa shape index (κ3) is 3.61. The molecular formula is C18H27N3O. The lowest BCUT2D eigenvalue weighted by Gasteiger charge is -2.35. The molecule has 2 saturated heterocycles. The molecule has 0 spiro atoms. The van der Waals surface area contributed by atoms with Gasteiger partial charge in [0, 0.05) is 31.2 Å². The minimum Gasteiger partial charge on any atom is -0.399 e. The van der Waals surface area contributed by atoms with Gasteiger partial charge in [0.15, 0.2) is 0 Å². The van der Waals surface area contributed by atoms with Gasteiger partial charge in [-0.15, -0.1) is 0 Å². The molecule has 1 unspecified atom stereocenters. The van der Waals surface area contributed by atoms with Crippen molar-refractivity contribution >= 4 is 11.6 Å². The number of amides is 1. The summed E-state index contributed by atoms with van der Waals surface area (Å²) in [6.45, 7) is 3.01. The monoisotopic (exact) mass is 301 g/mol. The Morgan fingerprint density at radius 1 is 1.23 bits per heavy atom. The molecule has 0 aliphatic carbocycles. The third-order valence-electron chi connectivity index (χ3n) is 5.22. The maximum Gasteiger partial charge on any atom is 0.222 e. The molecule has 2 fully saturated rings. The highest BCUT2D eigenvalue weighted by Gasteiger charge is 2.29. The molecule has 120 valence electrons. The molecule has 0 radical (unpaired) electrons. The predicted molar refractivity (Wildman–Crippen MR) is 89.5 cm³/mol. The second kappa shape index (κ2) is 7.14. The van der Waals surface area contributed by atoms with E-state index in [9.17, 15) is 4.79 Å². The smallest absolute Gasteiger partial charge is 0.222 e. The Morgan fingerprint density at radius 3 is 2.68 bits per heavy atom. The topological polar surface area (TPSA) is 58.4 Å². The lowest BCUT2D eigenvalue weighted by Crippen LogP contribution is -2.43. The van der Waals surface area contributed by atoms with E-state index in [1.165, 1.54) is 19.4 Å². The summed E-state index contributed by atoms with van der Waals surface area (Å²) in [5.74, 6) is 1.04. The molecule has 2 aliphatic heterocycles. The molecule has 4 heteroatoms. The van der Waals surface area contributed by atoms with Gasteiger partial charge in [-0.3, -0.25) is 4.79 Å². The second-order valence-electron chi connectivity index (χ2n) is 6.62. The number of nitrogen functional groups attached to an aromatic ring is 1. The molecule has 3 N–H and O–H groups in total. The van der Waals surface area contributed by atoms with E-state index < -0.39 is 0 Å². The van der Waals surface area contributed by atoms with Crippen LogP contribution >= 0.6 is 0 Å². The molecule has 4 nitrogen and oxygen atoms in total. The van der Waals surface area contributed by atoms with Crippen LogP contribution in [0.3, 0.4) is 0 Å². The number of piperidine rings is 1. The zero-order valence-corrected chi connectivity index (χ0v) is 13.3. The number of aryl methyl sites for hydroxylation is 1. The van der Waals surface area contributed by atoms with E-state index in [1.54, 1.807) is 0 Å². The van der Waals surface area contributed by atoms with Gasteiger partial charge in [0.2, 0.25) is 5.91 Å². The predicted octanol–water partition coefficient (Wildman–Crippen LogP) is 2.19. The fraction of sp³-hybridized carbons (Fsp3) is 0.611. The van der Waals surface area contributed by atoms with Crippen molar-refractivity contribution in [1.29, 1.82) is 0 Å². The van der Waals surface area contributed by atoms with Crippen LogP contribution in [0.25, 0.3) is 0 Å². The first-order valence-corrected chi connectivity index (χ1v) is 8.58. The zero-order chi connectivity index (χ0) is 15.4. The van der Waals surface area contributed by atoms with Gasteiger partial charge in [-0.2, -0.15) is 0 Å². The van der Waals surface area contributed by atoms with Crippen molar-refractivity contribution in [3.63, 3.8) is 0 Å². The van der Waals surface area contributed by atoms with Crippen molar-refractivity contribution in [3.8, 4) is 0 Å². The van der Waals surface area contributed by atoms with Crippen LogP contribution < -0.4 is 11.1 Å². The summed E-state index contributed by atoms with van der Waals surface area (Å²) in [4.78, 5) is 14.4. The molecule has 22 heavy (non-hydrogen) atoms. The average Bonchev–Trinajstić information content (AvgIpc) is 3.08. The molecule has 1 atom stereocenters. The van der Waals surface area contributed by atoms with E-state index in [0.717, 1.165) is 49.5 Å². The van der Waals surface area contributed by atoms with Crippen molar-refractivity contribution in [2.75, 3.05) is 25.4 Å². The average molecular weight is 301 g/mol. The first-order chi connectivity index (χ1) is 10.7. The SMILES string of the molecule is Nc1ccccc1CCC(=O)N1CCC(C2CCCN2)CC1. The van der Waals surface area contributed by atoms with Gasteiger partial charge in [-0.25, -0.2) is 0 Å². The van der Waals surface area contributed by atoms with Crippen molar-refractivity contribution in [2.45, 2.75) is 44.6 Å². The molecular weight excluding hydrogens is 274 g/mol. The number of nitrogens with zero attached hydrogens (tertiary/aromatic N) is 1. The zero-order valence-electron chi connectivity index (χ0n) is 13.3. The Bertz CT molecular complexity index is 503. The summed E-state index contributed by atoms with van der Waals surface area (Å²) in [6, 6.07) is 8.53. The highest BCUT2D eigenvalue weighted by Crippen LogP contribution is 2.26. The van der Waals surface area contributed by atoms with Gasteiger partial charge >= 0.3 is 0 Å². The number of rotatable bonds is 4. The van der Waals surface area contributed by atoms with Gasteiger partial charge in [0.1, 0.15) is 0 Å². The molecule has 2 aliphatic rings. The Hall–Kier alpha value is -1.55. The normalized spacial score (nSPS) is 22.9. The van der Waals surface area contributed by atoms with Crippen LogP contribution in [0.15, 0.2) is 24.3 Å². The van der Waals surface area contributed by atoms with E-state index in [2.05, 4.69) is 5.32 Å². The fourth-order valence-electron chi connectivity index (χ4n) is 3.83. The van der Waals surface area contributed by atoms with Crippen molar-refractivity contribution in [2.24, 2.45) is 5.92 Å². The maximum absolute atomic E-state index is 12.4. The maximum atomic E-state index is 12.4. The van der Waals surface area contributed by atoms with Crippen LogP contribution in [-0.4, -0.2) is 36.5 Å². The van der Waals surface area contributed by atoms with Gasteiger partial charge in [-0.1, -0.05) is 18.2 Å². The molecule has 0 bridgehead atoms. The number of likely N-dealkylation sites (tertiary alicyclic amines) is 1. The number of carbonyl (C=O) groups excluding carboxylic acids is 1. The van der Waals surface area contributed by atoms with Crippen LogP contribution in [0.1, 0.15) is 37.7 Å². The minimum atomic E-state index is 0.279. The number of hydrogen-bond acceptors (Lipinski definition) is 3. The van der Waals surface area contributed by atoms with Crippen LogP contribution in [-0.2, 0) is 11.2 Å². The number of nitrogens with two attached hydrogens (primary N) is 1.